The summed E-state index contributed by atoms with van der Waals surface area (Å²) >= 11 is 0. The van der Waals surface area contributed by atoms with Gasteiger partial charge in [0.1, 0.15) is 6.54 Å². The molecule has 150 valence electrons. The molecular weight excluding hydrogens is 346 g/mol. The molecule has 0 aromatic carbocycles. The lowest BCUT2D eigenvalue weighted by atomic mass is 10.0. The molecule has 0 saturated heterocycles. The Morgan fingerprint density at radius 3 is 1.38 bits per heavy atom. The first-order chi connectivity index (χ1) is 12.6. The highest BCUT2D eigenvalue weighted by molar-refractivity contribution is 7.85. The molecule has 26 heavy (non-hydrogen) atoms. The summed E-state index contributed by atoms with van der Waals surface area (Å²) in [6, 6.07) is 6.23. The Kier molecular flexibility index (Phi) is 13.5. The minimum atomic E-state index is -4.01. The number of rotatable bonds is 17. The molecule has 0 radical (unpaired) electrons. The van der Waals surface area contributed by atoms with Crippen LogP contribution in [0.15, 0.2) is 30.6 Å². The van der Waals surface area contributed by atoms with Gasteiger partial charge in [0.05, 0.1) is 10.1 Å². The summed E-state index contributed by atoms with van der Waals surface area (Å²) in [6.45, 7) is 1.13. The molecule has 4 nitrogen and oxygen atoms in total. The summed E-state index contributed by atoms with van der Waals surface area (Å²) in [5.74, 6) is -0.196. The van der Waals surface area contributed by atoms with E-state index in [1.165, 1.54) is 70.6 Å². The van der Waals surface area contributed by atoms with Crippen molar-refractivity contribution in [2.24, 2.45) is 0 Å². The minimum absolute atomic E-state index is 0.196. The molecule has 5 heteroatoms. The van der Waals surface area contributed by atoms with Crippen molar-refractivity contribution in [2.75, 3.05) is 5.75 Å². The van der Waals surface area contributed by atoms with Crippen LogP contribution in [0, 0.1) is 0 Å². The smallest absolute Gasteiger partial charge is 0.168 e. The quantitative estimate of drug-likeness (QED) is 0.216. The van der Waals surface area contributed by atoms with E-state index in [9.17, 15) is 13.0 Å². The van der Waals surface area contributed by atoms with Crippen molar-refractivity contribution < 1.29 is 17.5 Å². The highest BCUT2D eigenvalue weighted by atomic mass is 32.2. The molecule has 0 unspecified atom stereocenters. The number of aromatic nitrogens is 1. The molecule has 1 heterocycles. The summed E-state index contributed by atoms with van der Waals surface area (Å²) in [6.07, 6.45) is 21.1. The van der Waals surface area contributed by atoms with E-state index in [4.69, 9.17) is 0 Å². The Bertz CT molecular complexity index is 531. The van der Waals surface area contributed by atoms with Gasteiger partial charge in [-0.1, -0.05) is 76.7 Å². The average Bonchev–Trinajstić information content (AvgIpc) is 2.61. The fourth-order valence-electron chi connectivity index (χ4n) is 3.28. The van der Waals surface area contributed by atoms with Crippen LogP contribution in [-0.2, 0) is 16.7 Å². The van der Waals surface area contributed by atoms with Gasteiger partial charge >= 0.3 is 0 Å². The molecule has 1 aromatic rings. The van der Waals surface area contributed by atoms with Gasteiger partial charge in [-0.2, -0.15) is 0 Å². The van der Waals surface area contributed by atoms with Crippen molar-refractivity contribution >= 4 is 10.1 Å². The van der Waals surface area contributed by atoms with E-state index in [2.05, 4.69) is 35.2 Å². The van der Waals surface area contributed by atoms with Gasteiger partial charge in [-0.05, 0) is 12.8 Å². The summed E-state index contributed by atoms with van der Waals surface area (Å²) < 4.78 is 33.7. The van der Waals surface area contributed by atoms with Crippen LogP contribution < -0.4 is 4.57 Å². The SMILES string of the molecule is O=S(=O)([O-])CCCCCCCCCCCCCCCC[n+]1ccccc1. The summed E-state index contributed by atoms with van der Waals surface area (Å²) in [7, 11) is -4.01. The lowest BCUT2D eigenvalue weighted by Gasteiger charge is -2.06. The largest absolute Gasteiger partial charge is 0.748 e. The second kappa shape index (κ2) is 15.2. The number of aryl methyl sites for hydroxylation is 1. The monoisotopic (exact) mass is 383 g/mol. The predicted octanol–water partition coefficient (Wildman–Crippen LogP) is 4.98. The molecule has 0 fully saturated rings. The maximum Gasteiger partial charge on any atom is 0.168 e. The van der Waals surface area contributed by atoms with Crippen molar-refractivity contribution in [2.45, 2.75) is 96.4 Å². The van der Waals surface area contributed by atoms with E-state index < -0.39 is 10.1 Å². The predicted molar refractivity (Wildman–Crippen MR) is 106 cm³/mol. The highest BCUT2D eigenvalue weighted by Crippen LogP contribution is 2.13. The number of nitrogens with zero attached hydrogens (tertiary/aromatic N) is 1. The molecule has 0 aliphatic rings. The maximum absolute atomic E-state index is 10.5. The average molecular weight is 384 g/mol. The van der Waals surface area contributed by atoms with Crippen LogP contribution in [0.1, 0.15) is 89.9 Å². The minimum Gasteiger partial charge on any atom is -0.748 e. The number of hydrogen-bond acceptors (Lipinski definition) is 3. The summed E-state index contributed by atoms with van der Waals surface area (Å²) in [5.41, 5.74) is 0. The molecule has 1 rings (SSSR count). The summed E-state index contributed by atoms with van der Waals surface area (Å²) in [4.78, 5) is 0. The Labute approximate surface area is 160 Å². The first-order valence-electron chi connectivity index (χ1n) is 10.5. The van der Waals surface area contributed by atoms with E-state index in [0.29, 0.717) is 6.42 Å². The number of hydrogen-bond donors (Lipinski definition) is 0. The highest BCUT2D eigenvalue weighted by Gasteiger charge is 1.98. The molecule has 1 aromatic heterocycles. The van der Waals surface area contributed by atoms with Crippen molar-refractivity contribution in [3.8, 4) is 0 Å². The van der Waals surface area contributed by atoms with Gasteiger partial charge in [-0.25, -0.2) is 13.0 Å². The fourth-order valence-corrected chi connectivity index (χ4v) is 3.84. The van der Waals surface area contributed by atoms with E-state index in [1.54, 1.807) is 0 Å². The first-order valence-corrected chi connectivity index (χ1v) is 12.0. The van der Waals surface area contributed by atoms with Crippen LogP contribution in [0.3, 0.4) is 0 Å². The molecule has 0 aliphatic heterocycles. The van der Waals surface area contributed by atoms with Gasteiger partial charge in [-0.3, -0.25) is 0 Å². The maximum atomic E-state index is 10.5. The number of pyridine rings is 1. The lowest BCUT2D eigenvalue weighted by Crippen LogP contribution is -2.32. The topological polar surface area (TPSA) is 61.1 Å². The molecule has 0 atom stereocenters. The Hall–Kier alpha value is -0.940. The second-order valence-corrected chi connectivity index (χ2v) is 8.85. The number of unbranched alkanes of at least 4 members (excludes halogenated alkanes) is 13. The third-order valence-electron chi connectivity index (χ3n) is 4.84. The van der Waals surface area contributed by atoms with Gasteiger partial charge in [0.15, 0.2) is 12.4 Å². The molecule has 0 amide bonds. The molecule has 0 bridgehead atoms. The zero-order chi connectivity index (χ0) is 18.9. The van der Waals surface area contributed by atoms with Crippen LogP contribution in [0.5, 0.6) is 0 Å². The summed E-state index contributed by atoms with van der Waals surface area (Å²) in [5, 5.41) is 0. The lowest BCUT2D eigenvalue weighted by molar-refractivity contribution is -0.697. The van der Waals surface area contributed by atoms with Gasteiger partial charge in [0, 0.05) is 24.3 Å². The molecule has 0 saturated carbocycles. The van der Waals surface area contributed by atoms with E-state index in [1.807, 2.05) is 0 Å². The Morgan fingerprint density at radius 2 is 0.962 bits per heavy atom. The zero-order valence-electron chi connectivity index (χ0n) is 16.3. The molecular formula is C21H37NO3S. The first kappa shape index (κ1) is 23.1. The Balaban J connectivity index is 1.73. The molecule has 0 N–H and O–H groups in total. The second-order valence-electron chi connectivity index (χ2n) is 7.32. The van der Waals surface area contributed by atoms with Gasteiger partial charge in [0.25, 0.3) is 0 Å². The van der Waals surface area contributed by atoms with Crippen LogP contribution in [0.25, 0.3) is 0 Å². The normalized spacial score (nSPS) is 11.7. The van der Waals surface area contributed by atoms with Crippen molar-refractivity contribution in [1.29, 1.82) is 0 Å². The van der Waals surface area contributed by atoms with E-state index in [-0.39, 0.29) is 5.75 Å². The van der Waals surface area contributed by atoms with Crippen LogP contribution in [0.4, 0.5) is 0 Å². The van der Waals surface area contributed by atoms with Crippen LogP contribution in [0.2, 0.25) is 0 Å². The van der Waals surface area contributed by atoms with Gasteiger partial charge < -0.3 is 4.55 Å². The molecule has 0 spiro atoms. The van der Waals surface area contributed by atoms with Crippen LogP contribution in [-0.4, -0.2) is 18.7 Å². The molecule has 0 aliphatic carbocycles. The van der Waals surface area contributed by atoms with Crippen molar-refractivity contribution in [1.82, 2.24) is 0 Å². The van der Waals surface area contributed by atoms with E-state index in [0.717, 1.165) is 19.4 Å². The van der Waals surface area contributed by atoms with Gasteiger partial charge in [-0.15, -0.1) is 0 Å². The standard InChI is InChI=1S/C21H37NO3S/c23-26(24,25)21-17-12-10-8-6-4-2-1-3-5-7-9-11-14-18-22-19-15-13-16-20-22/h13,15-16,19-20H,1-12,14,17-18,21H2. The zero-order valence-corrected chi connectivity index (χ0v) is 17.1. The van der Waals surface area contributed by atoms with E-state index >= 15 is 0 Å². The van der Waals surface area contributed by atoms with Crippen LogP contribution >= 0.6 is 0 Å². The third kappa shape index (κ3) is 15.3. The van der Waals surface area contributed by atoms with Crippen molar-refractivity contribution in [3.05, 3.63) is 30.6 Å². The van der Waals surface area contributed by atoms with Gasteiger partial charge in [0.2, 0.25) is 0 Å². The third-order valence-corrected chi connectivity index (χ3v) is 5.63. The Morgan fingerprint density at radius 1 is 0.577 bits per heavy atom. The van der Waals surface area contributed by atoms with Crippen molar-refractivity contribution in [3.63, 3.8) is 0 Å². The fraction of sp³-hybridized carbons (Fsp3) is 0.762.